The lowest BCUT2D eigenvalue weighted by atomic mass is 10.0. The number of hydrogen-bond acceptors (Lipinski definition) is 4. The topological polar surface area (TPSA) is 75.7 Å². The van der Waals surface area contributed by atoms with Crippen molar-refractivity contribution in [1.82, 2.24) is 0 Å². The zero-order valence-corrected chi connectivity index (χ0v) is 17.0. The molecule has 0 aliphatic rings. The Morgan fingerprint density at radius 3 is 2.04 bits per heavy atom. The van der Waals surface area contributed by atoms with E-state index in [9.17, 15) is 13.2 Å². The van der Waals surface area contributed by atoms with Crippen LogP contribution in [0.5, 0.6) is 5.75 Å². The summed E-state index contributed by atoms with van der Waals surface area (Å²) in [5.74, 6) is 0.272. The van der Waals surface area contributed by atoms with Gasteiger partial charge in [-0.25, -0.2) is 8.42 Å². The Kier molecular flexibility index (Phi) is 6.85. The summed E-state index contributed by atoms with van der Waals surface area (Å²) in [7, 11) is -2.07. The monoisotopic (exact) mass is 390 g/mol. The van der Waals surface area contributed by atoms with E-state index in [0.717, 1.165) is 17.4 Å². The van der Waals surface area contributed by atoms with Crippen molar-refractivity contribution in [3.63, 3.8) is 0 Å². The van der Waals surface area contributed by atoms with Crippen molar-refractivity contribution in [3.05, 3.63) is 53.6 Å². The number of ether oxygens (including phenoxy) is 1. The molecule has 2 rings (SSSR count). The van der Waals surface area contributed by atoms with Crippen molar-refractivity contribution in [2.45, 2.75) is 26.7 Å². The van der Waals surface area contributed by atoms with E-state index in [1.54, 1.807) is 31.4 Å². The van der Waals surface area contributed by atoms with Crippen LogP contribution in [-0.4, -0.2) is 34.2 Å². The molecule has 0 saturated carbocycles. The maximum absolute atomic E-state index is 12.5. The van der Waals surface area contributed by atoms with E-state index < -0.39 is 15.9 Å². The molecule has 2 aromatic rings. The van der Waals surface area contributed by atoms with Crippen LogP contribution in [0.1, 0.15) is 25.0 Å². The second-order valence-corrected chi connectivity index (χ2v) is 8.09. The van der Waals surface area contributed by atoms with Gasteiger partial charge in [0.1, 0.15) is 12.3 Å². The molecule has 0 heterocycles. The molecule has 146 valence electrons. The highest BCUT2D eigenvalue weighted by atomic mass is 32.2. The lowest BCUT2D eigenvalue weighted by molar-refractivity contribution is -0.114. The number of carbonyl (C=O) groups is 1. The van der Waals surface area contributed by atoms with Crippen molar-refractivity contribution >= 4 is 27.3 Å². The fraction of sp³-hybridized carbons (Fsp3) is 0.350. The summed E-state index contributed by atoms with van der Waals surface area (Å²) in [6.07, 6.45) is 2.48. The molecule has 2 aromatic carbocycles. The Bertz CT molecular complexity index is 870. The van der Waals surface area contributed by atoms with E-state index in [4.69, 9.17) is 4.74 Å². The second kappa shape index (κ2) is 8.90. The van der Waals surface area contributed by atoms with Gasteiger partial charge in [0.25, 0.3) is 0 Å². The highest BCUT2D eigenvalue weighted by molar-refractivity contribution is 7.92. The van der Waals surface area contributed by atoms with Crippen LogP contribution in [0.25, 0.3) is 0 Å². The average Bonchev–Trinajstić information content (AvgIpc) is 2.65. The smallest absolute Gasteiger partial charge is 0.245 e. The third kappa shape index (κ3) is 5.23. The number of nitrogens with zero attached hydrogens (tertiary/aromatic N) is 1. The molecule has 0 spiro atoms. The first-order valence-electron chi connectivity index (χ1n) is 8.82. The fourth-order valence-corrected chi connectivity index (χ4v) is 3.82. The number of para-hydroxylation sites is 1. The molecule has 1 N–H and O–H groups in total. The number of carbonyl (C=O) groups excluding carboxylic acids is 1. The van der Waals surface area contributed by atoms with Crippen LogP contribution in [0.15, 0.2) is 42.5 Å². The van der Waals surface area contributed by atoms with Crippen LogP contribution in [0.2, 0.25) is 0 Å². The number of benzene rings is 2. The largest absolute Gasteiger partial charge is 0.497 e. The number of hydrogen-bond donors (Lipinski definition) is 1. The number of amides is 1. The molecule has 0 atom stereocenters. The molecule has 0 aromatic heterocycles. The Morgan fingerprint density at radius 2 is 1.59 bits per heavy atom. The van der Waals surface area contributed by atoms with Gasteiger partial charge < -0.3 is 10.1 Å². The number of sulfonamides is 1. The molecule has 0 fully saturated rings. The molecule has 7 heteroatoms. The van der Waals surface area contributed by atoms with Gasteiger partial charge in [0.2, 0.25) is 15.9 Å². The van der Waals surface area contributed by atoms with Gasteiger partial charge in [0.15, 0.2) is 0 Å². The van der Waals surface area contributed by atoms with Crippen molar-refractivity contribution in [1.29, 1.82) is 0 Å². The number of anilines is 2. The van der Waals surface area contributed by atoms with E-state index in [1.807, 2.05) is 32.0 Å². The zero-order chi connectivity index (χ0) is 20.0. The maximum Gasteiger partial charge on any atom is 0.245 e. The van der Waals surface area contributed by atoms with Gasteiger partial charge in [0.05, 0.1) is 19.1 Å². The van der Waals surface area contributed by atoms with E-state index in [-0.39, 0.29) is 6.54 Å². The number of aryl methyl sites for hydroxylation is 2. The molecule has 0 aliphatic carbocycles. The number of rotatable bonds is 8. The Morgan fingerprint density at radius 1 is 1.04 bits per heavy atom. The molecule has 0 bridgehead atoms. The van der Waals surface area contributed by atoms with Gasteiger partial charge in [0, 0.05) is 5.69 Å². The van der Waals surface area contributed by atoms with E-state index in [1.165, 1.54) is 4.31 Å². The normalized spacial score (nSPS) is 11.1. The number of methoxy groups -OCH3 is 1. The second-order valence-electron chi connectivity index (χ2n) is 6.18. The molecular formula is C20H26N2O4S. The summed E-state index contributed by atoms with van der Waals surface area (Å²) in [5.41, 5.74) is 2.98. The van der Waals surface area contributed by atoms with Gasteiger partial charge in [-0.3, -0.25) is 9.10 Å². The quantitative estimate of drug-likeness (QED) is 0.751. The minimum absolute atomic E-state index is 0.283. The summed E-state index contributed by atoms with van der Waals surface area (Å²) < 4.78 is 31.2. The third-order valence-electron chi connectivity index (χ3n) is 4.28. The molecule has 0 radical (unpaired) electrons. The maximum atomic E-state index is 12.5. The number of nitrogens with one attached hydrogen (secondary N) is 1. The average molecular weight is 391 g/mol. The van der Waals surface area contributed by atoms with E-state index in [2.05, 4.69) is 5.32 Å². The molecule has 6 nitrogen and oxygen atoms in total. The van der Waals surface area contributed by atoms with Gasteiger partial charge in [-0.05, 0) is 48.2 Å². The Labute approximate surface area is 161 Å². The molecule has 1 amide bonds. The van der Waals surface area contributed by atoms with Gasteiger partial charge >= 0.3 is 0 Å². The minimum Gasteiger partial charge on any atom is -0.497 e. The summed E-state index contributed by atoms with van der Waals surface area (Å²) in [6, 6.07) is 12.6. The first-order chi connectivity index (χ1) is 12.8. The van der Waals surface area contributed by atoms with Crippen LogP contribution in [-0.2, 0) is 27.7 Å². The Hall–Kier alpha value is -2.54. The summed E-state index contributed by atoms with van der Waals surface area (Å²) in [6.45, 7) is 3.65. The van der Waals surface area contributed by atoms with Crippen LogP contribution < -0.4 is 14.4 Å². The third-order valence-corrected chi connectivity index (χ3v) is 5.39. The fourth-order valence-electron chi connectivity index (χ4n) is 2.90. The summed E-state index contributed by atoms with van der Waals surface area (Å²) in [4.78, 5) is 12.5. The van der Waals surface area contributed by atoms with Gasteiger partial charge in [-0.1, -0.05) is 32.0 Å². The molecule has 0 unspecified atom stereocenters. The van der Waals surface area contributed by atoms with Gasteiger partial charge in [-0.15, -0.1) is 0 Å². The van der Waals surface area contributed by atoms with Gasteiger partial charge in [-0.2, -0.15) is 0 Å². The highest BCUT2D eigenvalue weighted by Gasteiger charge is 2.25. The predicted octanol–water partition coefficient (Wildman–Crippen LogP) is 3.22. The standard InChI is InChI=1S/C20H26N2O4S/c1-5-15-8-7-9-16(6-2)20(15)22(27(4,24)25)14-19(23)21-17-10-12-18(26-3)13-11-17/h7-13H,5-6,14H2,1-4H3,(H,21,23). The minimum atomic E-state index is -3.63. The molecule has 27 heavy (non-hydrogen) atoms. The SMILES string of the molecule is CCc1cccc(CC)c1N(CC(=O)Nc1ccc(OC)cc1)S(C)(=O)=O. The lowest BCUT2D eigenvalue weighted by Gasteiger charge is -2.26. The first kappa shape index (κ1) is 20.8. The predicted molar refractivity (Wildman–Crippen MR) is 109 cm³/mol. The van der Waals surface area contributed by atoms with Crippen molar-refractivity contribution < 1.29 is 17.9 Å². The van der Waals surface area contributed by atoms with Crippen molar-refractivity contribution in [2.75, 3.05) is 29.5 Å². The van der Waals surface area contributed by atoms with Crippen LogP contribution in [0.3, 0.4) is 0 Å². The zero-order valence-electron chi connectivity index (χ0n) is 16.2. The van der Waals surface area contributed by atoms with Crippen LogP contribution in [0.4, 0.5) is 11.4 Å². The summed E-state index contributed by atoms with van der Waals surface area (Å²) >= 11 is 0. The van der Waals surface area contributed by atoms with Crippen molar-refractivity contribution in [3.8, 4) is 5.75 Å². The summed E-state index contributed by atoms with van der Waals surface area (Å²) in [5, 5.41) is 2.74. The van der Waals surface area contributed by atoms with Crippen molar-refractivity contribution in [2.24, 2.45) is 0 Å². The lowest BCUT2D eigenvalue weighted by Crippen LogP contribution is -2.38. The Balaban J connectivity index is 2.32. The highest BCUT2D eigenvalue weighted by Crippen LogP contribution is 2.29. The first-order valence-corrected chi connectivity index (χ1v) is 10.7. The molecule has 0 saturated heterocycles. The van der Waals surface area contributed by atoms with E-state index in [0.29, 0.717) is 30.0 Å². The molecular weight excluding hydrogens is 364 g/mol. The van der Waals surface area contributed by atoms with Crippen LogP contribution >= 0.6 is 0 Å². The molecule has 0 aliphatic heterocycles. The van der Waals surface area contributed by atoms with E-state index >= 15 is 0 Å². The van der Waals surface area contributed by atoms with Crippen LogP contribution in [0, 0.1) is 0 Å².